The molecular formula is C15H18Br2N2O2. The van der Waals surface area contributed by atoms with Crippen LogP contribution in [0.3, 0.4) is 0 Å². The standard InChI is InChI=1S/C15H18Br2N2O2/c1-4-15(5-2)14(21)19(9(3)13(20)18-15)12-7-6-10(16)8-11(12)17/h6-9H,4-5H2,1-3H3,(H,18,20). The Labute approximate surface area is 141 Å². The van der Waals surface area contributed by atoms with Crippen molar-refractivity contribution in [3.05, 3.63) is 27.1 Å². The first kappa shape index (κ1) is 16.5. The van der Waals surface area contributed by atoms with Crippen molar-refractivity contribution in [2.45, 2.75) is 45.2 Å². The summed E-state index contributed by atoms with van der Waals surface area (Å²) in [5.74, 6) is -0.171. The van der Waals surface area contributed by atoms with Gasteiger partial charge in [-0.15, -0.1) is 0 Å². The molecule has 1 fully saturated rings. The fraction of sp³-hybridized carbons (Fsp3) is 0.467. The Morgan fingerprint density at radius 1 is 1.24 bits per heavy atom. The van der Waals surface area contributed by atoms with Crippen LogP contribution in [0.25, 0.3) is 0 Å². The van der Waals surface area contributed by atoms with Crippen molar-refractivity contribution < 1.29 is 9.59 Å². The monoisotopic (exact) mass is 416 g/mol. The highest BCUT2D eigenvalue weighted by molar-refractivity contribution is 9.11. The minimum atomic E-state index is -0.809. The number of rotatable bonds is 3. The lowest BCUT2D eigenvalue weighted by Gasteiger charge is -2.44. The Hall–Kier alpha value is -0.880. The molecule has 6 heteroatoms. The SMILES string of the molecule is CCC1(CC)NC(=O)C(C)N(c2ccc(Br)cc2Br)C1=O. The average molecular weight is 418 g/mol. The number of halogens is 2. The van der Waals surface area contributed by atoms with E-state index in [0.717, 1.165) is 14.6 Å². The molecule has 21 heavy (non-hydrogen) atoms. The molecule has 1 aromatic carbocycles. The number of hydrogen-bond donors (Lipinski definition) is 1. The van der Waals surface area contributed by atoms with E-state index in [2.05, 4.69) is 37.2 Å². The molecule has 1 aliphatic rings. The Kier molecular flexibility index (Phi) is 4.78. The van der Waals surface area contributed by atoms with Gasteiger partial charge < -0.3 is 5.32 Å². The van der Waals surface area contributed by atoms with Crippen molar-refractivity contribution >= 4 is 49.4 Å². The summed E-state index contributed by atoms with van der Waals surface area (Å²) in [5, 5.41) is 2.90. The second kappa shape index (κ2) is 6.08. The maximum atomic E-state index is 13.0. The molecule has 1 unspecified atom stereocenters. The quantitative estimate of drug-likeness (QED) is 0.816. The molecule has 1 aliphatic heterocycles. The molecule has 0 aromatic heterocycles. The van der Waals surface area contributed by atoms with Gasteiger partial charge in [0.05, 0.1) is 5.69 Å². The summed E-state index contributed by atoms with van der Waals surface area (Å²) < 4.78 is 1.70. The van der Waals surface area contributed by atoms with Crippen LogP contribution in [0.1, 0.15) is 33.6 Å². The molecule has 1 aromatic rings. The molecule has 0 bridgehead atoms. The highest BCUT2D eigenvalue weighted by Crippen LogP contribution is 2.35. The lowest BCUT2D eigenvalue weighted by Crippen LogP contribution is -2.69. The van der Waals surface area contributed by atoms with Crippen LogP contribution in [-0.4, -0.2) is 23.4 Å². The molecule has 2 amide bonds. The lowest BCUT2D eigenvalue weighted by atomic mass is 9.87. The Bertz CT molecular complexity index is 585. The highest BCUT2D eigenvalue weighted by Gasteiger charge is 2.48. The van der Waals surface area contributed by atoms with Crippen molar-refractivity contribution in [2.24, 2.45) is 0 Å². The number of anilines is 1. The fourth-order valence-corrected chi connectivity index (χ4v) is 3.88. The molecule has 1 heterocycles. The average Bonchev–Trinajstić information content (AvgIpc) is 2.45. The van der Waals surface area contributed by atoms with E-state index in [-0.39, 0.29) is 11.8 Å². The van der Waals surface area contributed by atoms with E-state index < -0.39 is 11.6 Å². The van der Waals surface area contributed by atoms with Gasteiger partial charge in [-0.3, -0.25) is 14.5 Å². The van der Waals surface area contributed by atoms with Crippen LogP contribution in [0.2, 0.25) is 0 Å². The molecule has 0 aliphatic carbocycles. The van der Waals surface area contributed by atoms with E-state index in [1.807, 2.05) is 32.0 Å². The number of carbonyl (C=O) groups excluding carboxylic acids is 2. The summed E-state index contributed by atoms with van der Waals surface area (Å²) in [5.41, 5.74) is -0.0901. The van der Waals surface area contributed by atoms with E-state index in [1.54, 1.807) is 11.8 Å². The third kappa shape index (κ3) is 2.75. The third-order valence-electron chi connectivity index (χ3n) is 4.13. The molecule has 4 nitrogen and oxygen atoms in total. The zero-order chi connectivity index (χ0) is 15.8. The lowest BCUT2D eigenvalue weighted by molar-refractivity contribution is -0.138. The van der Waals surface area contributed by atoms with E-state index in [4.69, 9.17) is 0 Å². The molecule has 0 spiro atoms. The predicted octanol–water partition coefficient (Wildman–Crippen LogP) is 3.62. The predicted molar refractivity (Wildman–Crippen MR) is 90.2 cm³/mol. The zero-order valence-corrected chi connectivity index (χ0v) is 15.4. The summed E-state index contributed by atoms with van der Waals surface area (Å²) in [4.78, 5) is 26.9. The van der Waals surface area contributed by atoms with Crippen LogP contribution in [0.4, 0.5) is 5.69 Å². The number of benzene rings is 1. The van der Waals surface area contributed by atoms with Gasteiger partial charge in [0.2, 0.25) is 5.91 Å². The Morgan fingerprint density at radius 3 is 2.38 bits per heavy atom. The van der Waals surface area contributed by atoms with Crippen molar-refractivity contribution in [3.63, 3.8) is 0 Å². The van der Waals surface area contributed by atoms with Crippen LogP contribution in [-0.2, 0) is 9.59 Å². The zero-order valence-electron chi connectivity index (χ0n) is 12.2. The number of hydrogen-bond acceptors (Lipinski definition) is 2. The second-order valence-corrected chi connectivity index (χ2v) is 7.00. The van der Waals surface area contributed by atoms with Gasteiger partial charge in [-0.05, 0) is 53.9 Å². The van der Waals surface area contributed by atoms with Crippen LogP contribution < -0.4 is 10.2 Å². The van der Waals surface area contributed by atoms with Crippen molar-refractivity contribution in [2.75, 3.05) is 4.90 Å². The third-order valence-corrected chi connectivity index (χ3v) is 5.26. The van der Waals surface area contributed by atoms with E-state index >= 15 is 0 Å². The Balaban J connectivity index is 2.53. The number of amides is 2. The number of nitrogens with zero attached hydrogens (tertiary/aromatic N) is 1. The second-order valence-electron chi connectivity index (χ2n) is 5.23. The van der Waals surface area contributed by atoms with Crippen molar-refractivity contribution in [1.29, 1.82) is 0 Å². The molecule has 0 radical (unpaired) electrons. The molecule has 2 rings (SSSR count). The van der Waals surface area contributed by atoms with E-state index in [0.29, 0.717) is 12.8 Å². The fourth-order valence-electron chi connectivity index (χ4n) is 2.64. The van der Waals surface area contributed by atoms with Gasteiger partial charge in [-0.2, -0.15) is 0 Å². The molecule has 1 N–H and O–H groups in total. The molecule has 1 atom stereocenters. The first-order valence-corrected chi connectivity index (χ1v) is 8.55. The minimum absolute atomic E-state index is 0.0531. The smallest absolute Gasteiger partial charge is 0.253 e. The van der Waals surface area contributed by atoms with Gasteiger partial charge in [0, 0.05) is 8.95 Å². The summed E-state index contributed by atoms with van der Waals surface area (Å²) in [6.07, 6.45) is 1.15. The van der Waals surface area contributed by atoms with Crippen LogP contribution in [0.5, 0.6) is 0 Å². The molecule has 1 saturated heterocycles. The first-order valence-electron chi connectivity index (χ1n) is 6.97. The van der Waals surface area contributed by atoms with Crippen LogP contribution in [0, 0.1) is 0 Å². The van der Waals surface area contributed by atoms with Gasteiger partial charge in [0.15, 0.2) is 0 Å². The summed E-state index contributed by atoms with van der Waals surface area (Å²) in [6.45, 7) is 5.59. The maximum absolute atomic E-state index is 13.0. The van der Waals surface area contributed by atoms with Crippen molar-refractivity contribution in [1.82, 2.24) is 5.32 Å². The number of carbonyl (C=O) groups is 2. The maximum Gasteiger partial charge on any atom is 0.253 e. The molecular weight excluding hydrogens is 400 g/mol. The molecule has 114 valence electrons. The first-order chi connectivity index (χ1) is 9.86. The highest BCUT2D eigenvalue weighted by atomic mass is 79.9. The number of piperazine rings is 1. The largest absolute Gasteiger partial charge is 0.340 e. The van der Waals surface area contributed by atoms with Gasteiger partial charge in [0.1, 0.15) is 11.6 Å². The molecule has 0 saturated carbocycles. The Morgan fingerprint density at radius 2 is 1.86 bits per heavy atom. The van der Waals surface area contributed by atoms with Crippen LogP contribution >= 0.6 is 31.9 Å². The summed E-state index contributed by atoms with van der Waals surface area (Å²) in [7, 11) is 0. The van der Waals surface area contributed by atoms with Gasteiger partial charge in [-0.25, -0.2) is 0 Å². The van der Waals surface area contributed by atoms with Crippen LogP contribution in [0.15, 0.2) is 27.1 Å². The van der Waals surface area contributed by atoms with Crippen molar-refractivity contribution in [3.8, 4) is 0 Å². The normalized spacial score (nSPS) is 21.4. The van der Waals surface area contributed by atoms with Gasteiger partial charge >= 0.3 is 0 Å². The van der Waals surface area contributed by atoms with E-state index in [1.165, 1.54) is 0 Å². The minimum Gasteiger partial charge on any atom is -0.340 e. The van der Waals surface area contributed by atoms with Gasteiger partial charge in [-0.1, -0.05) is 29.8 Å². The summed E-state index contributed by atoms with van der Waals surface area (Å²) >= 11 is 6.88. The summed E-state index contributed by atoms with van der Waals surface area (Å²) in [6, 6.07) is 5.06. The topological polar surface area (TPSA) is 49.4 Å². The van der Waals surface area contributed by atoms with Gasteiger partial charge in [0.25, 0.3) is 5.91 Å². The number of nitrogens with one attached hydrogen (secondary N) is 1. The van der Waals surface area contributed by atoms with E-state index in [9.17, 15) is 9.59 Å².